The molecule has 1 aromatic heterocycles. The predicted octanol–water partition coefficient (Wildman–Crippen LogP) is -0.215. The summed E-state index contributed by atoms with van der Waals surface area (Å²) in [4.78, 5) is 27.0. The number of likely N-dealkylation sites (N-methyl/N-ethyl adjacent to an activating group) is 1. The van der Waals surface area contributed by atoms with Crippen LogP contribution < -0.4 is 4.90 Å². The summed E-state index contributed by atoms with van der Waals surface area (Å²) in [6, 6.07) is 0.125. The molecule has 0 radical (unpaired) electrons. The van der Waals surface area contributed by atoms with Gasteiger partial charge in [-0.1, -0.05) is 0 Å². The number of aliphatic hydroxyl groups excluding tert-OH is 1. The standard InChI is InChI=1S/C16H25N5O2/c1-11-13(12(2)22)8-17-16(18-11)21-9-14(15(23)10-21)20-6-4-19(3)5-7-20/h8,14-15,23H,4-7,9-10H2,1-3H3/t14-,15-/m0/s1. The van der Waals surface area contributed by atoms with Gasteiger partial charge in [0.05, 0.1) is 23.4 Å². The van der Waals surface area contributed by atoms with Gasteiger partial charge in [-0.3, -0.25) is 9.69 Å². The Balaban J connectivity index is 1.71. The van der Waals surface area contributed by atoms with Crippen molar-refractivity contribution < 1.29 is 9.90 Å². The van der Waals surface area contributed by atoms with Crippen LogP contribution in [0.25, 0.3) is 0 Å². The van der Waals surface area contributed by atoms with Crippen molar-refractivity contribution >= 4 is 11.7 Å². The molecule has 0 aromatic carbocycles. The summed E-state index contributed by atoms with van der Waals surface area (Å²) in [7, 11) is 2.13. The van der Waals surface area contributed by atoms with E-state index < -0.39 is 6.10 Å². The van der Waals surface area contributed by atoms with Crippen LogP contribution in [0.2, 0.25) is 0 Å². The zero-order valence-corrected chi connectivity index (χ0v) is 14.1. The molecular weight excluding hydrogens is 294 g/mol. The van der Waals surface area contributed by atoms with Crippen LogP contribution >= 0.6 is 0 Å². The molecule has 0 spiro atoms. The van der Waals surface area contributed by atoms with Crippen LogP contribution in [0.15, 0.2) is 6.20 Å². The number of hydrogen-bond acceptors (Lipinski definition) is 7. The van der Waals surface area contributed by atoms with Crippen molar-refractivity contribution in [1.82, 2.24) is 19.8 Å². The lowest BCUT2D eigenvalue weighted by atomic mass is 10.1. The first-order valence-electron chi connectivity index (χ1n) is 8.16. The van der Waals surface area contributed by atoms with Crippen molar-refractivity contribution in [3.63, 3.8) is 0 Å². The summed E-state index contributed by atoms with van der Waals surface area (Å²) in [5.41, 5.74) is 1.25. The van der Waals surface area contributed by atoms with Gasteiger partial charge in [0.1, 0.15) is 0 Å². The summed E-state index contributed by atoms with van der Waals surface area (Å²) in [6.45, 7) is 8.64. The van der Waals surface area contributed by atoms with Crippen molar-refractivity contribution in [1.29, 1.82) is 0 Å². The molecular formula is C16H25N5O2. The van der Waals surface area contributed by atoms with Crippen LogP contribution in [0.3, 0.4) is 0 Å². The second-order valence-corrected chi connectivity index (χ2v) is 6.60. The van der Waals surface area contributed by atoms with Gasteiger partial charge in [0.2, 0.25) is 5.95 Å². The third kappa shape index (κ3) is 3.36. The number of carbonyl (C=O) groups excluding carboxylic acids is 1. The number of carbonyl (C=O) groups is 1. The Morgan fingerprint density at radius 1 is 1.26 bits per heavy atom. The minimum absolute atomic E-state index is 0.0224. The van der Waals surface area contributed by atoms with Gasteiger partial charge in [0.15, 0.2) is 5.78 Å². The van der Waals surface area contributed by atoms with Gasteiger partial charge in [0.25, 0.3) is 0 Å². The number of β-amino-alcohol motifs (C(OH)–C–C–N with tert-alkyl or cyclic N) is 1. The second-order valence-electron chi connectivity index (χ2n) is 6.60. The van der Waals surface area contributed by atoms with Gasteiger partial charge in [-0.15, -0.1) is 0 Å². The number of anilines is 1. The number of aromatic nitrogens is 2. The Labute approximate surface area is 136 Å². The van der Waals surface area contributed by atoms with Crippen molar-refractivity contribution in [2.45, 2.75) is 26.0 Å². The van der Waals surface area contributed by atoms with Crippen molar-refractivity contribution in [2.24, 2.45) is 0 Å². The largest absolute Gasteiger partial charge is 0.390 e. The molecule has 0 amide bonds. The van der Waals surface area contributed by atoms with Crippen LogP contribution in [0, 0.1) is 6.92 Å². The van der Waals surface area contributed by atoms with E-state index in [0.29, 0.717) is 23.8 Å². The van der Waals surface area contributed by atoms with E-state index in [1.165, 1.54) is 6.92 Å². The molecule has 7 heteroatoms. The van der Waals surface area contributed by atoms with E-state index in [2.05, 4.69) is 26.8 Å². The quantitative estimate of drug-likeness (QED) is 0.773. The first kappa shape index (κ1) is 16.3. The van der Waals surface area contributed by atoms with E-state index in [1.807, 2.05) is 11.8 Å². The Bertz CT molecular complexity index is 586. The predicted molar refractivity (Wildman–Crippen MR) is 87.9 cm³/mol. The van der Waals surface area contributed by atoms with E-state index in [0.717, 1.165) is 32.7 Å². The maximum absolute atomic E-state index is 11.5. The van der Waals surface area contributed by atoms with E-state index in [4.69, 9.17) is 0 Å². The average molecular weight is 319 g/mol. The number of Topliss-reactive ketones (excluding diaryl/α,β-unsaturated/α-hetero) is 1. The molecule has 1 N–H and O–H groups in total. The molecule has 0 saturated carbocycles. The van der Waals surface area contributed by atoms with E-state index in [-0.39, 0.29) is 11.8 Å². The number of hydrogen-bond donors (Lipinski definition) is 1. The summed E-state index contributed by atoms with van der Waals surface area (Å²) in [6.07, 6.45) is 1.20. The topological polar surface area (TPSA) is 72.8 Å². The maximum Gasteiger partial charge on any atom is 0.225 e. The number of aliphatic hydroxyl groups is 1. The minimum atomic E-state index is -0.394. The molecule has 2 fully saturated rings. The molecule has 3 rings (SSSR count). The normalized spacial score (nSPS) is 26.7. The first-order valence-corrected chi connectivity index (χ1v) is 8.16. The molecule has 0 unspecified atom stereocenters. The highest BCUT2D eigenvalue weighted by Gasteiger charge is 2.37. The Morgan fingerprint density at radius 2 is 1.96 bits per heavy atom. The van der Waals surface area contributed by atoms with Gasteiger partial charge in [-0.05, 0) is 20.9 Å². The number of rotatable bonds is 3. The lowest BCUT2D eigenvalue weighted by molar-refractivity contribution is 0.0512. The highest BCUT2D eigenvalue weighted by atomic mass is 16.3. The molecule has 3 heterocycles. The fourth-order valence-electron chi connectivity index (χ4n) is 3.40. The van der Waals surface area contributed by atoms with Gasteiger partial charge in [-0.25, -0.2) is 9.97 Å². The molecule has 2 saturated heterocycles. The molecule has 0 aliphatic carbocycles. The molecule has 126 valence electrons. The van der Waals surface area contributed by atoms with E-state index in [1.54, 1.807) is 6.20 Å². The van der Waals surface area contributed by atoms with E-state index in [9.17, 15) is 9.90 Å². The van der Waals surface area contributed by atoms with Gasteiger partial charge in [-0.2, -0.15) is 0 Å². The zero-order valence-electron chi connectivity index (χ0n) is 14.1. The number of aryl methyl sites for hydroxylation is 1. The Kier molecular flexibility index (Phi) is 4.61. The van der Waals surface area contributed by atoms with Crippen molar-refractivity contribution in [3.8, 4) is 0 Å². The number of ketones is 1. The lowest BCUT2D eigenvalue weighted by Gasteiger charge is -2.37. The van der Waals surface area contributed by atoms with Gasteiger partial charge >= 0.3 is 0 Å². The SMILES string of the molecule is CC(=O)c1cnc(N2C[C@H](O)[C@@H](N3CCN(C)CC3)C2)nc1C. The molecule has 2 aliphatic rings. The van der Waals surface area contributed by atoms with Crippen LogP contribution in [0.5, 0.6) is 0 Å². The molecule has 2 atom stereocenters. The Morgan fingerprint density at radius 3 is 2.57 bits per heavy atom. The molecule has 2 aliphatic heterocycles. The van der Waals surface area contributed by atoms with Crippen LogP contribution in [-0.4, -0.2) is 89.1 Å². The minimum Gasteiger partial charge on any atom is -0.390 e. The molecule has 7 nitrogen and oxygen atoms in total. The van der Waals surface area contributed by atoms with Crippen LogP contribution in [0.1, 0.15) is 23.0 Å². The number of piperazine rings is 1. The van der Waals surface area contributed by atoms with Gasteiger partial charge in [0, 0.05) is 45.5 Å². The lowest BCUT2D eigenvalue weighted by Crippen LogP contribution is -2.52. The first-order chi connectivity index (χ1) is 11.0. The fraction of sp³-hybridized carbons (Fsp3) is 0.688. The molecule has 0 bridgehead atoms. The zero-order chi connectivity index (χ0) is 16.6. The smallest absolute Gasteiger partial charge is 0.225 e. The third-order valence-corrected chi connectivity index (χ3v) is 4.89. The van der Waals surface area contributed by atoms with E-state index >= 15 is 0 Å². The van der Waals surface area contributed by atoms with Crippen molar-refractivity contribution in [3.05, 3.63) is 17.5 Å². The average Bonchev–Trinajstić information content (AvgIpc) is 2.89. The highest BCUT2D eigenvalue weighted by Crippen LogP contribution is 2.22. The summed E-state index contributed by atoms with van der Waals surface area (Å²) in [5, 5.41) is 10.4. The highest BCUT2D eigenvalue weighted by molar-refractivity contribution is 5.94. The monoisotopic (exact) mass is 319 g/mol. The van der Waals surface area contributed by atoms with Crippen LogP contribution in [0.4, 0.5) is 5.95 Å². The maximum atomic E-state index is 11.5. The van der Waals surface area contributed by atoms with Gasteiger partial charge < -0.3 is 14.9 Å². The molecule has 23 heavy (non-hydrogen) atoms. The summed E-state index contributed by atoms with van der Waals surface area (Å²) < 4.78 is 0. The Hall–Kier alpha value is -1.57. The van der Waals surface area contributed by atoms with Crippen LogP contribution in [-0.2, 0) is 0 Å². The van der Waals surface area contributed by atoms with Crippen molar-refractivity contribution in [2.75, 3.05) is 51.2 Å². The number of nitrogens with zero attached hydrogens (tertiary/aromatic N) is 5. The fourth-order valence-corrected chi connectivity index (χ4v) is 3.40. The third-order valence-electron chi connectivity index (χ3n) is 4.89. The summed E-state index contributed by atoms with van der Waals surface area (Å²) in [5.74, 6) is 0.578. The second kappa shape index (κ2) is 6.51. The molecule has 1 aromatic rings. The summed E-state index contributed by atoms with van der Waals surface area (Å²) >= 11 is 0.